The van der Waals surface area contributed by atoms with Crippen LogP contribution in [0.2, 0.25) is 5.02 Å². The molecule has 106 valence electrons. The highest BCUT2D eigenvalue weighted by atomic mass is 35.5. The number of nitrogens with zero attached hydrogens (tertiary/aromatic N) is 1. The molecular weight excluding hydrogens is 305 g/mol. The zero-order valence-corrected chi connectivity index (χ0v) is 11.7. The minimum atomic E-state index is -4.01. The summed E-state index contributed by atoms with van der Waals surface area (Å²) in [6, 6.07) is 6.69. The van der Waals surface area contributed by atoms with Gasteiger partial charge in [-0.1, -0.05) is 23.7 Å². The maximum atomic E-state index is 13.6. The summed E-state index contributed by atoms with van der Waals surface area (Å²) in [4.78, 5) is 3.78. The summed E-state index contributed by atoms with van der Waals surface area (Å²) >= 11 is 5.77. The number of halogens is 2. The second-order valence-corrected chi connectivity index (χ2v) is 5.95. The maximum Gasteiger partial charge on any atom is 0.279 e. The number of hydrogen-bond acceptors (Lipinski definition) is 4. The Morgan fingerprint density at radius 2 is 2.05 bits per heavy atom. The van der Waals surface area contributed by atoms with Gasteiger partial charge in [0.2, 0.25) is 0 Å². The SMILES string of the molecule is NCc1ccc(S(=O)(=O)Nc2c(F)cccc2Cl)nc1. The lowest BCUT2D eigenvalue weighted by Crippen LogP contribution is -2.16. The predicted octanol–water partition coefficient (Wildman–Crippen LogP) is 2.13. The van der Waals surface area contributed by atoms with Gasteiger partial charge in [-0.3, -0.25) is 4.72 Å². The van der Waals surface area contributed by atoms with Gasteiger partial charge in [0.05, 0.1) is 5.02 Å². The van der Waals surface area contributed by atoms with Crippen LogP contribution in [0.5, 0.6) is 0 Å². The third-order valence-corrected chi connectivity index (χ3v) is 4.09. The Hall–Kier alpha value is -1.70. The quantitative estimate of drug-likeness (QED) is 0.905. The van der Waals surface area contributed by atoms with Crippen molar-refractivity contribution in [1.29, 1.82) is 0 Å². The van der Waals surface area contributed by atoms with Gasteiger partial charge in [0.15, 0.2) is 5.03 Å². The van der Waals surface area contributed by atoms with Crippen molar-refractivity contribution in [2.45, 2.75) is 11.6 Å². The molecule has 0 bridgehead atoms. The van der Waals surface area contributed by atoms with Gasteiger partial charge in [0.1, 0.15) is 11.5 Å². The lowest BCUT2D eigenvalue weighted by Gasteiger charge is -2.10. The molecule has 0 amide bonds. The highest BCUT2D eigenvalue weighted by Crippen LogP contribution is 2.26. The molecule has 0 saturated heterocycles. The molecule has 0 aliphatic carbocycles. The van der Waals surface area contributed by atoms with E-state index in [-0.39, 0.29) is 22.3 Å². The third kappa shape index (κ3) is 3.06. The van der Waals surface area contributed by atoms with E-state index in [4.69, 9.17) is 17.3 Å². The molecule has 20 heavy (non-hydrogen) atoms. The van der Waals surface area contributed by atoms with Crippen molar-refractivity contribution in [3.05, 3.63) is 52.9 Å². The molecule has 0 spiro atoms. The molecule has 0 aliphatic rings. The predicted molar refractivity (Wildman–Crippen MR) is 74.3 cm³/mol. The van der Waals surface area contributed by atoms with Crippen LogP contribution in [-0.2, 0) is 16.6 Å². The summed E-state index contributed by atoms with van der Waals surface area (Å²) in [6.45, 7) is 0.250. The second kappa shape index (κ2) is 5.74. The Labute approximate surface area is 120 Å². The summed E-state index contributed by atoms with van der Waals surface area (Å²) < 4.78 is 39.8. The number of sulfonamides is 1. The van der Waals surface area contributed by atoms with Crippen LogP contribution in [0.15, 0.2) is 41.6 Å². The molecule has 0 radical (unpaired) electrons. The van der Waals surface area contributed by atoms with E-state index in [1.807, 2.05) is 0 Å². The fourth-order valence-electron chi connectivity index (χ4n) is 1.47. The molecular formula is C12H11ClFN3O2S. The van der Waals surface area contributed by atoms with Gasteiger partial charge in [-0.2, -0.15) is 8.42 Å². The van der Waals surface area contributed by atoms with Crippen LogP contribution in [-0.4, -0.2) is 13.4 Å². The highest BCUT2D eigenvalue weighted by molar-refractivity contribution is 7.92. The fraction of sp³-hybridized carbons (Fsp3) is 0.0833. The molecule has 3 N–H and O–H groups in total. The van der Waals surface area contributed by atoms with Crippen LogP contribution in [0.25, 0.3) is 0 Å². The number of para-hydroxylation sites is 1. The number of pyridine rings is 1. The summed E-state index contributed by atoms with van der Waals surface area (Å²) in [7, 11) is -4.01. The molecule has 1 aromatic heterocycles. The molecule has 1 aromatic carbocycles. The average molecular weight is 316 g/mol. The van der Waals surface area contributed by atoms with Crippen molar-refractivity contribution < 1.29 is 12.8 Å². The number of benzene rings is 1. The van der Waals surface area contributed by atoms with E-state index in [0.717, 1.165) is 6.07 Å². The van der Waals surface area contributed by atoms with E-state index in [2.05, 4.69) is 9.71 Å². The standard InChI is InChI=1S/C12H11ClFN3O2S/c13-9-2-1-3-10(14)12(9)17-20(18,19)11-5-4-8(6-15)7-16-11/h1-5,7,17H,6,15H2. The van der Waals surface area contributed by atoms with E-state index < -0.39 is 15.8 Å². The van der Waals surface area contributed by atoms with Crippen molar-refractivity contribution in [3.63, 3.8) is 0 Å². The Morgan fingerprint density at radius 1 is 1.30 bits per heavy atom. The molecule has 0 saturated carbocycles. The lowest BCUT2D eigenvalue weighted by atomic mass is 10.3. The van der Waals surface area contributed by atoms with E-state index in [9.17, 15) is 12.8 Å². The van der Waals surface area contributed by atoms with Gasteiger partial charge in [0.25, 0.3) is 10.0 Å². The monoisotopic (exact) mass is 315 g/mol. The Bertz CT molecular complexity index is 700. The molecule has 0 unspecified atom stereocenters. The van der Waals surface area contributed by atoms with Gasteiger partial charge in [0, 0.05) is 12.7 Å². The zero-order valence-electron chi connectivity index (χ0n) is 10.2. The summed E-state index contributed by atoms with van der Waals surface area (Å²) in [6.07, 6.45) is 1.34. The third-order valence-electron chi connectivity index (χ3n) is 2.51. The first-order valence-corrected chi connectivity index (χ1v) is 7.42. The number of aromatic nitrogens is 1. The van der Waals surface area contributed by atoms with Crippen molar-refractivity contribution in [1.82, 2.24) is 4.98 Å². The van der Waals surface area contributed by atoms with Crippen LogP contribution in [0, 0.1) is 5.82 Å². The van der Waals surface area contributed by atoms with Crippen molar-refractivity contribution in [2.24, 2.45) is 5.73 Å². The van der Waals surface area contributed by atoms with E-state index in [1.54, 1.807) is 0 Å². The summed E-state index contributed by atoms with van der Waals surface area (Å²) in [5.74, 6) is -0.764. The topological polar surface area (TPSA) is 85.1 Å². The van der Waals surface area contributed by atoms with Crippen LogP contribution in [0.1, 0.15) is 5.56 Å². The first-order valence-electron chi connectivity index (χ1n) is 5.56. The number of rotatable bonds is 4. The zero-order chi connectivity index (χ0) is 14.8. The average Bonchev–Trinajstić information content (AvgIpc) is 2.43. The summed E-state index contributed by atoms with van der Waals surface area (Å²) in [5, 5.41) is -0.277. The molecule has 5 nitrogen and oxygen atoms in total. The molecule has 0 atom stereocenters. The summed E-state index contributed by atoms with van der Waals surface area (Å²) in [5.41, 5.74) is 5.78. The molecule has 8 heteroatoms. The molecule has 1 heterocycles. The van der Waals surface area contributed by atoms with E-state index >= 15 is 0 Å². The Morgan fingerprint density at radius 3 is 2.60 bits per heavy atom. The molecule has 0 aliphatic heterocycles. The molecule has 2 rings (SSSR count). The van der Waals surface area contributed by atoms with Crippen LogP contribution in [0.3, 0.4) is 0 Å². The largest absolute Gasteiger partial charge is 0.326 e. The number of nitrogens with two attached hydrogens (primary N) is 1. The number of nitrogens with one attached hydrogen (secondary N) is 1. The number of anilines is 1. The van der Waals surface area contributed by atoms with Crippen LogP contribution >= 0.6 is 11.6 Å². The lowest BCUT2D eigenvalue weighted by molar-refractivity contribution is 0.595. The fourth-order valence-corrected chi connectivity index (χ4v) is 2.76. The Kier molecular flexibility index (Phi) is 4.22. The normalized spacial score (nSPS) is 11.3. The second-order valence-electron chi connectivity index (χ2n) is 3.91. The minimum Gasteiger partial charge on any atom is -0.326 e. The minimum absolute atomic E-state index is 0.0350. The van der Waals surface area contributed by atoms with Gasteiger partial charge in [-0.15, -0.1) is 0 Å². The van der Waals surface area contributed by atoms with Crippen molar-refractivity contribution in [3.8, 4) is 0 Å². The number of hydrogen-bond donors (Lipinski definition) is 2. The van der Waals surface area contributed by atoms with Crippen molar-refractivity contribution in [2.75, 3.05) is 4.72 Å². The molecule has 2 aromatic rings. The molecule has 0 fully saturated rings. The van der Waals surface area contributed by atoms with Gasteiger partial charge in [-0.25, -0.2) is 9.37 Å². The van der Waals surface area contributed by atoms with E-state index in [0.29, 0.717) is 5.56 Å². The van der Waals surface area contributed by atoms with Gasteiger partial charge in [-0.05, 0) is 23.8 Å². The van der Waals surface area contributed by atoms with Gasteiger partial charge < -0.3 is 5.73 Å². The van der Waals surface area contributed by atoms with E-state index in [1.165, 1.54) is 30.5 Å². The first-order chi connectivity index (χ1) is 9.44. The Balaban J connectivity index is 2.35. The maximum absolute atomic E-state index is 13.6. The van der Waals surface area contributed by atoms with Crippen LogP contribution < -0.4 is 10.5 Å². The van der Waals surface area contributed by atoms with Crippen LogP contribution in [0.4, 0.5) is 10.1 Å². The van der Waals surface area contributed by atoms with Crippen molar-refractivity contribution >= 4 is 27.3 Å². The highest BCUT2D eigenvalue weighted by Gasteiger charge is 2.19. The van der Waals surface area contributed by atoms with Gasteiger partial charge >= 0.3 is 0 Å². The smallest absolute Gasteiger partial charge is 0.279 e. The first kappa shape index (κ1) is 14.7.